The van der Waals surface area contributed by atoms with Crippen molar-refractivity contribution in [3.05, 3.63) is 198 Å². The SMILES string of the molecule is O=C(c1nc2ccccc2[nH]1)N1CC(c2cncnc2Cl)C1.O=C(c1nc2ccccc2[nH]1)N1CC(c2nccnc2N2CCC(F)(F)CC2)C1.O=C(c1nc2ccccc2[nH]1)N1CC(c2nccnc2N2CCC(O)CC2)C1.O=C1CCN(c2nccnc2C2CN(C(=O)c3nc4ccccc4[nH]3)C2)CC1.OC1CCNCC1. The maximum absolute atomic E-state index is 13.5. The maximum atomic E-state index is 13.5. The molecule has 0 unspecified atom stereocenters. The van der Waals surface area contributed by atoms with E-state index in [1.54, 1.807) is 63.0 Å². The van der Waals surface area contributed by atoms with E-state index in [2.05, 4.69) is 94.9 Å². The van der Waals surface area contributed by atoms with Gasteiger partial charge < -0.3 is 69.8 Å². The van der Waals surface area contributed by atoms with Crippen LogP contribution in [-0.2, 0) is 4.79 Å². The van der Waals surface area contributed by atoms with E-state index >= 15 is 0 Å². The molecule has 34 heteroatoms. The molecule has 0 aliphatic carbocycles. The van der Waals surface area contributed by atoms with Crippen molar-refractivity contribution in [2.45, 2.75) is 93.2 Å². The zero-order valence-corrected chi connectivity index (χ0v) is 63.1. The summed E-state index contributed by atoms with van der Waals surface area (Å²) in [6.45, 7) is 10.0. The van der Waals surface area contributed by atoms with Crippen molar-refractivity contribution in [2.75, 3.05) is 119 Å². The van der Waals surface area contributed by atoms with E-state index in [9.17, 15) is 37.9 Å². The number of imidazole rings is 4. The predicted molar refractivity (Wildman–Crippen MR) is 421 cm³/mol. The summed E-state index contributed by atoms with van der Waals surface area (Å²) in [5.41, 5.74) is 10.1. The normalized spacial score (nSPS) is 18.3. The highest BCUT2D eigenvalue weighted by Crippen LogP contribution is 2.39. The summed E-state index contributed by atoms with van der Waals surface area (Å²) >= 11 is 6.06. The first-order valence-electron chi connectivity index (χ1n) is 38.5. The van der Waals surface area contributed by atoms with Gasteiger partial charge in [0.1, 0.15) is 17.3 Å². The minimum absolute atomic E-state index is 0.0266. The van der Waals surface area contributed by atoms with Gasteiger partial charge in [-0.3, -0.25) is 38.9 Å². The van der Waals surface area contributed by atoms with Gasteiger partial charge in [0.15, 0.2) is 40.8 Å². The standard InChI is InChI=1S/C20H20F2N6O.C20H22N6O2.C20H20N6O2.C15H12ClN5O.C5H11NO/c21-20(22)5-9-27(10-6-20)18-16(23-7-8-24-18)13-11-28(12-13)19(29)17-25-14-3-1-2-4-15(14)26-17;2*27-14-5-9-25(10-6-14)19-17(21-7-8-22-19)13-11-26(12-13)20(28)18-23-15-3-1-2-4-16(15)24-18;16-13-10(5-17-8-18-13)9-6-21(7-9)15(22)14-19-11-3-1-2-4-12(11)20-14;7-5-1-3-6-4-2-5/h1-4,7-8,13H,5-6,9-12H2,(H,25,26);1-4,7-8,13-14,27H,5-6,9-12H2,(H,23,24);1-4,7-8,13H,5-6,9-12H2,(H,23,24);1-5,8-9H,6-7H2,(H,19,20);5-7H,1-4H2. The number of aliphatic hydroxyl groups is 2. The average Bonchev–Trinajstić information content (AvgIpc) is 1.45. The third-order valence-electron chi connectivity index (χ3n) is 21.9. The Labute approximate surface area is 657 Å². The molecule has 8 saturated heterocycles. The highest BCUT2D eigenvalue weighted by atomic mass is 35.5. The highest BCUT2D eigenvalue weighted by Gasteiger charge is 2.42. The van der Waals surface area contributed by atoms with Crippen LogP contribution in [0.4, 0.5) is 26.2 Å². The molecule has 4 amide bonds. The van der Waals surface area contributed by atoms with E-state index in [4.69, 9.17) is 16.7 Å². The smallest absolute Gasteiger partial charge is 0.289 e. The van der Waals surface area contributed by atoms with E-state index < -0.39 is 5.92 Å². The third-order valence-corrected chi connectivity index (χ3v) is 22.3. The zero-order valence-electron chi connectivity index (χ0n) is 62.4. The van der Waals surface area contributed by atoms with Crippen molar-refractivity contribution in [3.8, 4) is 0 Å². The molecular formula is C80H85ClF2N24O7. The van der Waals surface area contributed by atoms with Crippen molar-refractivity contribution in [3.63, 3.8) is 0 Å². The Balaban J connectivity index is 0.000000112. The fourth-order valence-electron chi connectivity index (χ4n) is 15.2. The van der Waals surface area contributed by atoms with Gasteiger partial charge in [0.25, 0.3) is 29.6 Å². The summed E-state index contributed by atoms with van der Waals surface area (Å²) in [6, 6.07) is 30.3. The molecular weight excluding hydrogens is 1480 g/mol. The van der Waals surface area contributed by atoms with Gasteiger partial charge in [0.2, 0.25) is 0 Å². The lowest BCUT2D eigenvalue weighted by molar-refractivity contribution is -0.119. The molecule has 12 aromatic rings. The fraction of sp³-hybridized carbons (Fsp3) is 0.388. The van der Waals surface area contributed by atoms with Gasteiger partial charge in [-0.1, -0.05) is 60.1 Å². The zero-order chi connectivity index (χ0) is 78.4. The van der Waals surface area contributed by atoms with Crippen LogP contribution >= 0.6 is 11.6 Å². The number of carbonyl (C=O) groups is 5. The number of carbonyl (C=O) groups excluding carboxylic acids is 5. The number of Topliss-reactive ketones (excluding diaryl/α,β-unsaturated/α-hetero) is 1. The van der Waals surface area contributed by atoms with Crippen LogP contribution in [0.15, 0.2) is 147 Å². The number of para-hydroxylation sites is 8. The second-order valence-corrected chi connectivity index (χ2v) is 30.0. The van der Waals surface area contributed by atoms with Gasteiger partial charge in [-0.25, -0.2) is 53.6 Å². The molecule has 0 spiro atoms. The molecule has 8 aliphatic rings. The quantitative estimate of drug-likeness (QED) is 0.0601. The van der Waals surface area contributed by atoms with Gasteiger partial charge in [0.05, 0.1) is 73.4 Å². The number of piperidine rings is 4. The number of aromatic amines is 4. The lowest BCUT2D eigenvalue weighted by atomic mass is 9.93. The number of aromatic nitrogens is 16. The first-order chi connectivity index (χ1) is 55.5. The van der Waals surface area contributed by atoms with Crippen LogP contribution < -0.4 is 20.0 Å². The highest BCUT2D eigenvalue weighted by molar-refractivity contribution is 6.30. The number of benzene rings is 4. The minimum Gasteiger partial charge on any atom is -0.393 e. The minimum atomic E-state index is -2.61. The molecule has 0 atom stereocenters. The second-order valence-electron chi connectivity index (χ2n) is 29.7. The molecule has 7 N–H and O–H groups in total. The van der Waals surface area contributed by atoms with Crippen LogP contribution in [0.2, 0.25) is 5.15 Å². The van der Waals surface area contributed by atoms with Crippen molar-refractivity contribution >= 4 is 103 Å². The van der Waals surface area contributed by atoms with Gasteiger partial charge >= 0.3 is 0 Å². The molecule has 0 bridgehead atoms. The number of aliphatic hydroxyl groups excluding tert-OH is 2. The van der Waals surface area contributed by atoms with E-state index in [-0.39, 0.29) is 85.4 Å². The number of hydrogen-bond donors (Lipinski definition) is 7. The lowest BCUT2D eigenvalue weighted by Crippen LogP contribution is -2.50. The van der Waals surface area contributed by atoms with Crippen LogP contribution in [0.1, 0.15) is 140 Å². The largest absolute Gasteiger partial charge is 0.393 e. The summed E-state index contributed by atoms with van der Waals surface area (Å²) in [5.74, 6) is 1.62. The monoisotopic (exact) mass is 1570 g/mol. The molecule has 20 rings (SSSR count). The lowest BCUT2D eigenvalue weighted by Gasteiger charge is -2.40. The Hall–Kier alpha value is -11.9. The number of halogens is 3. The molecule has 114 heavy (non-hydrogen) atoms. The summed E-state index contributed by atoms with van der Waals surface area (Å²) < 4.78 is 27.0. The summed E-state index contributed by atoms with van der Waals surface area (Å²) in [6.07, 6.45) is 17.0. The van der Waals surface area contributed by atoms with Crippen molar-refractivity contribution in [1.82, 2.24) is 105 Å². The molecule has 0 saturated carbocycles. The molecule has 8 aromatic heterocycles. The number of amides is 4. The Morgan fingerprint density at radius 1 is 0.421 bits per heavy atom. The summed E-state index contributed by atoms with van der Waals surface area (Å²) in [7, 11) is 0. The number of alkyl halides is 2. The molecule has 16 heterocycles. The van der Waals surface area contributed by atoms with Crippen LogP contribution in [-0.4, -0.2) is 262 Å². The van der Waals surface area contributed by atoms with E-state index in [0.717, 1.165) is 130 Å². The Morgan fingerprint density at radius 2 is 0.746 bits per heavy atom. The van der Waals surface area contributed by atoms with Crippen LogP contribution in [0, 0.1) is 0 Å². The number of nitrogens with zero attached hydrogens (tertiary/aromatic N) is 19. The molecule has 0 radical (unpaired) electrons. The van der Waals surface area contributed by atoms with Crippen LogP contribution in [0.25, 0.3) is 44.1 Å². The Kier molecular flexibility index (Phi) is 22.5. The Bertz CT molecular complexity index is 5280. The Morgan fingerprint density at radius 3 is 1.09 bits per heavy atom. The summed E-state index contributed by atoms with van der Waals surface area (Å²) in [5, 5.41) is 22.2. The molecule has 8 aliphatic heterocycles. The number of fused-ring (bicyclic) bond motifs is 4. The molecule has 4 aromatic carbocycles. The van der Waals surface area contributed by atoms with Gasteiger partial charge in [-0.05, 0) is 87.3 Å². The number of hydrogen-bond acceptors (Lipinski definition) is 23. The number of ketones is 1. The number of H-pyrrole nitrogens is 4. The number of anilines is 3. The van der Waals surface area contributed by atoms with E-state index in [1.807, 2.05) is 102 Å². The van der Waals surface area contributed by atoms with Crippen molar-refractivity contribution in [2.24, 2.45) is 0 Å². The molecule has 31 nitrogen and oxygen atoms in total. The fourth-order valence-corrected chi connectivity index (χ4v) is 15.5. The number of likely N-dealkylation sites (tertiary alicyclic amines) is 4. The van der Waals surface area contributed by atoms with E-state index in [0.29, 0.717) is 118 Å². The van der Waals surface area contributed by atoms with Gasteiger partial charge in [-0.2, -0.15) is 0 Å². The first kappa shape index (κ1) is 76.1. The maximum Gasteiger partial charge on any atom is 0.289 e. The third kappa shape index (κ3) is 17.0. The summed E-state index contributed by atoms with van der Waals surface area (Å²) in [4.78, 5) is 140. The van der Waals surface area contributed by atoms with Gasteiger partial charge in [-0.15, -0.1) is 0 Å². The number of nitrogens with one attached hydrogen (secondary N) is 5. The first-order valence-corrected chi connectivity index (χ1v) is 38.9. The van der Waals surface area contributed by atoms with Crippen molar-refractivity contribution in [1.29, 1.82) is 0 Å². The van der Waals surface area contributed by atoms with Gasteiger partial charge in [0, 0.05) is 190 Å². The van der Waals surface area contributed by atoms with Crippen molar-refractivity contribution < 1.29 is 43.0 Å². The predicted octanol–water partition coefficient (Wildman–Crippen LogP) is 8.12. The van der Waals surface area contributed by atoms with Crippen LogP contribution in [0.3, 0.4) is 0 Å². The van der Waals surface area contributed by atoms with Crippen LogP contribution in [0.5, 0.6) is 0 Å². The second kappa shape index (κ2) is 33.8. The molecule has 588 valence electrons. The number of rotatable bonds is 11. The topological polar surface area (TPSA) is 378 Å². The van der Waals surface area contributed by atoms with E-state index in [1.165, 1.54) is 6.33 Å². The average molecular weight is 1570 g/mol. The molecule has 8 fully saturated rings.